The van der Waals surface area contributed by atoms with Crippen LogP contribution in [-0.2, 0) is 6.54 Å². The van der Waals surface area contributed by atoms with Crippen molar-refractivity contribution in [2.24, 2.45) is 5.73 Å². The summed E-state index contributed by atoms with van der Waals surface area (Å²) in [6.45, 7) is 0.542. The summed E-state index contributed by atoms with van der Waals surface area (Å²) >= 11 is 0. The number of anilines is 2. The Bertz CT molecular complexity index is 305. The van der Waals surface area contributed by atoms with Crippen molar-refractivity contribution in [3.63, 3.8) is 0 Å². The number of nitrogens with two attached hydrogens (primary N) is 2. The zero-order chi connectivity index (χ0) is 9.26. The quantitative estimate of drug-likeness (QED) is 0.610. The molecule has 13 heavy (non-hydrogen) atoms. The van der Waals surface area contributed by atoms with Crippen molar-refractivity contribution in [3.05, 3.63) is 23.8 Å². The Balaban J connectivity index is 2.21. The predicted molar refractivity (Wildman–Crippen MR) is 55.4 cm³/mol. The summed E-state index contributed by atoms with van der Waals surface area (Å²) in [4.78, 5) is 0. The largest absolute Gasteiger partial charge is 0.399 e. The summed E-state index contributed by atoms with van der Waals surface area (Å²) in [5, 5.41) is 3.43. The van der Waals surface area contributed by atoms with Crippen molar-refractivity contribution in [2.45, 2.75) is 25.4 Å². The maximum Gasteiger partial charge on any atom is 0.0389 e. The second kappa shape index (κ2) is 3.26. The number of benzene rings is 1. The van der Waals surface area contributed by atoms with Crippen molar-refractivity contribution < 1.29 is 0 Å². The van der Waals surface area contributed by atoms with Crippen LogP contribution in [0, 0.1) is 0 Å². The van der Waals surface area contributed by atoms with E-state index in [9.17, 15) is 0 Å². The molecule has 0 atom stereocenters. The molecule has 0 amide bonds. The molecule has 70 valence electrons. The molecule has 3 heteroatoms. The van der Waals surface area contributed by atoms with Crippen molar-refractivity contribution >= 4 is 11.4 Å². The molecule has 2 rings (SSSR count). The van der Waals surface area contributed by atoms with E-state index in [1.54, 1.807) is 0 Å². The summed E-state index contributed by atoms with van der Waals surface area (Å²) in [5.41, 5.74) is 14.3. The topological polar surface area (TPSA) is 64.1 Å². The summed E-state index contributed by atoms with van der Waals surface area (Å²) in [5.74, 6) is 0. The van der Waals surface area contributed by atoms with Gasteiger partial charge in [-0.05, 0) is 36.6 Å². The maximum absolute atomic E-state index is 5.67. The molecule has 0 heterocycles. The second-order valence-corrected chi connectivity index (χ2v) is 3.54. The van der Waals surface area contributed by atoms with Gasteiger partial charge in [0.05, 0.1) is 0 Å². The highest BCUT2D eigenvalue weighted by molar-refractivity contribution is 5.58. The minimum absolute atomic E-state index is 0.542. The van der Waals surface area contributed by atoms with Gasteiger partial charge in [0.25, 0.3) is 0 Å². The Kier molecular flexibility index (Phi) is 2.10. The minimum Gasteiger partial charge on any atom is -0.399 e. The van der Waals surface area contributed by atoms with Gasteiger partial charge in [0, 0.05) is 24.0 Å². The molecule has 1 aliphatic rings. The first-order chi connectivity index (χ1) is 6.29. The zero-order valence-corrected chi connectivity index (χ0v) is 7.59. The fraction of sp³-hybridized carbons (Fsp3) is 0.400. The number of nitrogen functional groups attached to an aromatic ring is 1. The number of hydrogen-bond acceptors (Lipinski definition) is 3. The van der Waals surface area contributed by atoms with E-state index in [-0.39, 0.29) is 0 Å². The van der Waals surface area contributed by atoms with Gasteiger partial charge in [0.1, 0.15) is 0 Å². The molecule has 1 aromatic rings. The van der Waals surface area contributed by atoms with Crippen molar-refractivity contribution in [1.29, 1.82) is 0 Å². The van der Waals surface area contributed by atoms with Gasteiger partial charge >= 0.3 is 0 Å². The van der Waals surface area contributed by atoms with Gasteiger partial charge in [0.15, 0.2) is 0 Å². The lowest BCUT2D eigenvalue weighted by Crippen LogP contribution is -2.07. The molecule has 0 aromatic heterocycles. The van der Waals surface area contributed by atoms with Gasteiger partial charge in [-0.15, -0.1) is 0 Å². The highest BCUT2D eigenvalue weighted by Gasteiger charge is 2.21. The average molecular weight is 177 g/mol. The number of nitrogens with one attached hydrogen (secondary N) is 1. The van der Waals surface area contributed by atoms with E-state index in [0.717, 1.165) is 16.9 Å². The Labute approximate surface area is 78.1 Å². The van der Waals surface area contributed by atoms with Crippen LogP contribution >= 0.6 is 0 Å². The Hall–Kier alpha value is -1.22. The van der Waals surface area contributed by atoms with E-state index in [0.29, 0.717) is 12.6 Å². The molecular weight excluding hydrogens is 162 g/mol. The fourth-order valence-electron chi connectivity index (χ4n) is 1.37. The fourth-order valence-corrected chi connectivity index (χ4v) is 1.37. The van der Waals surface area contributed by atoms with Crippen molar-refractivity contribution in [2.75, 3.05) is 11.1 Å². The number of rotatable bonds is 3. The van der Waals surface area contributed by atoms with Crippen LogP contribution in [0.4, 0.5) is 11.4 Å². The highest BCUT2D eigenvalue weighted by atomic mass is 15.0. The van der Waals surface area contributed by atoms with E-state index in [2.05, 4.69) is 5.32 Å². The summed E-state index contributed by atoms with van der Waals surface area (Å²) in [6.07, 6.45) is 2.54. The van der Waals surface area contributed by atoms with Crippen LogP contribution in [0.1, 0.15) is 18.4 Å². The molecule has 0 spiro atoms. The summed E-state index contributed by atoms with van der Waals surface area (Å²) in [6, 6.07) is 6.51. The first kappa shape index (κ1) is 8.38. The monoisotopic (exact) mass is 177 g/mol. The maximum atomic E-state index is 5.67. The van der Waals surface area contributed by atoms with Crippen LogP contribution in [0.25, 0.3) is 0 Å². The zero-order valence-electron chi connectivity index (χ0n) is 7.59. The Morgan fingerprint density at radius 3 is 2.77 bits per heavy atom. The molecule has 0 saturated heterocycles. The van der Waals surface area contributed by atoms with Crippen molar-refractivity contribution in [1.82, 2.24) is 0 Å². The van der Waals surface area contributed by atoms with E-state index in [1.165, 1.54) is 12.8 Å². The number of hydrogen-bond donors (Lipinski definition) is 3. The lowest BCUT2D eigenvalue weighted by molar-refractivity contribution is 1.05. The third-order valence-electron chi connectivity index (χ3n) is 2.29. The van der Waals surface area contributed by atoms with E-state index < -0.39 is 0 Å². The molecule has 1 aliphatic carbocycles. The normalized spacial score (nSPS) is 15.8. The van der Waals surface area contributed by atoms with Crippen LogP contribution in [0.15, 0.2) is 18.2 Å². The van der Waals surface area contributed by atoms with Crippen LogP contribution in [0.2, 0.25) is 0 Å². The van der Waals surface area contributed by atoms with Gasteiger partial charge in [-0.2, -0.15) is 0 Å². The summed E-state index contributed by atoms with van der Waals surface area (Å²) in [7, 11) is 0. The minimum atomic E-state index is 0.542. The van der Waals surface area contributed by atoms with Crippen LogP contribution in [0.5, 0.6) is 0 Å². The molecule has 1 aromatic carbocycles. The molecule has 1 fully saturated rings. The van der Waals surface area contributed by atoms with Crippen LogP contribution in [0.3, 0.4) is 0 Å². The first-order valence-electron chi connectivity index (χ1n) is 4.64. The highest BCUT2D eigenvalue weighted by Crippen LogP contribution is 2.27. The molecule has 0 radical (unpaired) electrons. The van der Waals surface area contributed by atoms with Gasteiger partial charge < -0.3 is 16.8 Å². The lowest BCUT2D eigenvalue weighted by atomic mass is 10.1. The van der Waals surface area contributed by atoms with E-state index in [1.807, 2.05) is 18.2 Å². The molecular formula is C10H15N3. The molecule has 1 saturated carbocycles. The third kappa shape index (κ3) is 1.92. The predicted octanol–water partition coefficient (Wildman–Crippen LogP) is 1.30. The standard InChI is InChI=1S/C10H15N3/c11-6-7-5-8(12)1-4-10(7)13-9-2-3-9/h1,4-5,9,13H,2-3,6,11-12H2. The van der Waals surface area contributed by atoms with Crippen LogP contribution < -0.4 is 16.8 Å². The lowest BCUT2D eigenvalue weighted by Gasteiger charge is -2.10. The van der Waals surface area contributed by atoms with Gasteiger partial charge in [-0.3, -0.25) is 0 Å². The van der Waals surface area contributed by atoms with E-state index >= 15 is 0 Å². The Morgan fingerprint density at radius 1 is 1.38 bits per heavy atom. The molecule has 0 bridgehead atoms. The van der Waals surface area contributed by atoms with Gasteiger partial charge in [0.2, 0.25) is 0 Å². The summed E-state index contributed by atoms with van der Waals surface area (Å²) < 4.78 is 0. The van der Waals surface area contributed by atoms with E-state index in [4.69, 9.17) is 11.5 Å². The SMILES string of the molecule is NCc1cc(N)ccc1NC1CC1. The average Bonchev–Trinajstić information content (AvgIpc) is 2.92. The van der Waals surface area contributed by atoms with Crippen molar-refractivity contribution in [3.8, 4) is 0 Å². The van der Waals surface area contributed by atoms with Gasteiger partial charge in [-0.1, -0.05) is 0 Å². The van der Waals surface area contributed by atoms with Crippen LogP contribution in [-0.4, -0.2) is 6.04 Å². The molecule has 3 nitrogen and oxygen atoms in total. The van der Waals surface area contributed by atoms with Gasteiger partial charge in [-0.25, -0.2) is 0 Å². The molecule has 5 N–H and O–H groups in total. The molecule has 0 unspecified atom stereocenters. The second-order valence-electron chi connectivity index (χ2n) is 3.54. The third-order valence-corrected chi connectivity index (χ3v) is 2.29. The molecule has 0 aliphatic heterocycles. The first-order valence-corrected chi connectivity index (χ1v) is 4.64. The smallest absolute Gasteiger partial charge is 0.0389 e. The Morgan fingerprint density at radius 2 is 2.15 bits per heavy atom.